The SMILES string of the molecule is c1ccc(C2CCN(C3CC[N]CC3)CC2)cc1. The fourth-order valence-corrected chi connectivity index (χ4v) is 3.43. The molecule has 3 rings (SSSR count). The Hall–Kier alpha value is -0.860. The smallest absolute Gasteiger partial charge is 0.0148 e. The van der Waals surface area contributed by atoms with Gasteiger partial charge in [-0.3, -0.25) is 0 Å². The van der Waals surface area contributed by atoms with E-state index in [2.05, 4.69) is 40.5 Å². The summed E-state index contributed by atoms with van der Waals surface area (Å²) in [6.45, 7) is 4.74. The molecule has 18 heavy (non-hydrogen) atoms. The highest BCUT2D eigenvalue weighted by Gasteiger charge is 2.26. The zero-order chi connectivity index (χ0) is 12.2. The van der Waals surface area contributed by atoms with Gasteiger partial charge in [-0.15, -0.1) is 0 Å². The van der Waals surface area contributed by atoms with Crippen LogP contribution in [-0.2, 0) is 0 Å². The Morgan fingerprint density at radius 2 is 1.56 bits per heavy atom. The van der Waals surface area contributed by atoms with E-state index < -0.39 is 0 Å². The predicted molar refractivity (Wildman–Crippen MR) is 74.9 cm³/mol. The minimum Gasteiger partial charge on any atom is -0.300 e. The molecule has 1 radical (unpaired) electrons. The summed E-state index contributed by atoms with van der Waals surface area (Å²) in [4.78, 5) is 2.72. The lowest BCUT2D eigenvalue weighted by Crippen LogP contribution is -2.44. The molecule has 1 aromatic carbocycles. The minimum atomic E-state index is 0.788. The first-order chi connectivity index (χ1) is 8.93. The lowest BCUT2D eigenvalue weighted by molar-refractivity contribution is 0.126. The first kappa shape index (κ1) is 12.2. The Balaban J connectivity index is 1.54. The van der Waals surface area contributed by atoms with Crippen molar-refractivity contribution in [3.63, 3.8) is 0 Å². The zero-order valence-corrected chi connectivity index (χ0v) is 11.1. The second-order valence-electron chi connectivity index (χ2n) is 5.62. The van der Waals surface area contributed by atoms with Gasteiger partial charge in [-0.1, -0.05) is 30.3 Å². The molecule has 0 spiro atoms. The molecule has 0 N–H and O–H groups in total. The Morgan fingerprint density at radius 1 is 0.889 bits per heavy atom. The first-order valence-corrected chi connectivity index (χ1v) is 7.36. The number of hydrogen-bond acceptors (Lipinski definition) is 1. The fourth-order valence-electron chi connectivity index (χ4n) is 3.43. The molecule has 2 aliphatic heterocycles. The summed E-state index contributed by atoms with van der Waals surface area (Å²) in [6.07, 6.45) is 5.24. The van der Waals surface area contributed by atoms with E-state index >= 15 is 0 Å². The molecule has 1 aromatic rings. The van der Waals surface area contributed by atoms with Crippen LogP contribution in [0.25, 0.3) is 0 Å². The van der Waals surface area contributed by atoms with E-state index in [4.69, 9.17) is 0 Å². The van der Waals surface area contributed by atoms with Crippen molar-refractivity contribution in [3.05, 3.63) is 35.9 Å². The van der Waals surface area contributed by atoms with Gasteiger partial charge in [0.15, 0.2) is 0 Å². The van der Waals surface area contributed by atoms with Gasteiger partial charge in [0.25, 0.3) is 0 Å². The molecule has 0 atom stereocenters. The van der Waals surface area contributed by atoms with Crippen molar-refractivity contribution in [1.82, 2.24) is 10.2 Å². The lowest BCUT2D eigenvalue weighted by atomic mass is 9.88. The molecule has 2 heteroatoms. The molecular formula is C16H23N2. The average molecular weight is 243 g/mol. The molecule has 97 valence electrons. The van der Waals surface area contributed by atoms with Crippen LogP contribution in [0.5, 0.6) is 0 Å². The number of likely N-dealkylation sites (tertiary alicyclic amines) is 1. The largest absolute Gasteiger partial charge is 0.300 e. The summed E-state index contributed by atoms with van der Waals surface area (Å²) in [5, 5.41) is 4.46. The first-order valence-electron chi connectivity index (χ1n) is 7.36. The molecule has 0 bridgehead atoms. The number of nitrogens with zero attached hydrogens (tertiary/aromatic N) is 2. The molecule has 0 aromatic heterocycles. The van der Waals surface area contributed by atoms with E-state index in [1.54, 1.807) is 0 Å². The molecule has 2 fully saturated rings. The van der Waals surface area contributed by atoms with Crippen molar-refractivity contribution in [2.45, 2.75) is 37.6 Å². The molecule has 0 aliphatic carbocycles. The molecule has 2 nitrogen and oxygen atoms in total. The van der Waals surface area contributed by atoms with Crippen molar-refractivity contribution < 1.29 is 0 Å². The lowest BCUT2D eigenvalue weighted by Gasteiger charge is -2.39. The van der Waals surface area contributed by atoms with E-state index in [1.807, 2.05) is 0 Å². The molecule has 0 amide bonds. The van der Waals surface area contributed by atoms with Gasteiger partial charge in [0.1, 0.15) is 0 Å². The molecule has 0 saturated carbocycles. The summed E-state index contributed by atoms with van der Waals surface area (Å²) in [5.74, 6) is 0.788. The van der Waals surface area contributed by atoms with Crippen molar-refractivity contribution in [2.24, 2.45) is 0 Å². The average Bonchev–Trinajstić information content (AvgIpc) is 2.49. The third-order valence-corrected chi connectivity index (χ3v) is 4.56. The van der Waals surface area contributed by atoms with Gasteiger partial charge >= 0.3 is 0 Å². The molecule has 2 aliphatic rings. The summed E-state index contributed by atoms with van der Waals surface area (Å²) in [5.41, 5.74) is 1.54. The van der Waals surface area contributed by atoms with Crippen LogP contribution in [0.4, 0.5) is 0 Å². The van der Waals surface area contributed by atoms with Crippen molar-refractivity contribution in [3.8, 4) is 0 Å². The molecule has 2 heterocycles. The van der Waals surface area contributed by atoms with Gasteiger partial charge < -0.3 is 4.90 Å². The second kappa shape index (κ2) is 5.85. The maximum absolute atomic E-state index is 4.46. The van der Waals surface area contributed by atoms with E-state index in [0.29, 0.717) is 0 Å². The number of piperidine rings is 2. The third kappa shape index (κ3) is 2.76. The maximum Gasteiger partial charge on any atom is 0.0148 e. The second-order valence-corrected chi connectivity index (χ2v) is 5.62. The molecule has 2 saturated heterocycles. The third-order valence-electron chi connectivity index (χ3n) is 4.56. The van der Waals surface area contributed by atoms with Crippen LogP contribution < -0.4 is 5.32 Å². The van der Waals surface area contributed by atoms with Crippen molar-refractivity contribution in [1.29, 1.82) is 0 Å². The number of benzene rings is 1. The van der Waals surface area contributed by atoms with Crippen LogP contribution in [0.1, 0.15) is 37.2 Å². The van der Waals surface area contributed by atoms with E-state index in [9.17, 15) is 0 Å². The minimum absolute atomic E-state index is 0.788. The summed E-state index contributed by atoms with van der Waals surface area (Å²) >= 11 is 0. The van der Waals surface area contributed by atoms with Crippen molar-refractivity contribution in [2.75, 3.05) is 26.2 Å². The Bertz CT molecular complexity index is 349. The highest BCUT2D eigenvalue weighted by atomic mass is 15.2. The van der Waals surface area contributed by atoms with E-state index in [0.717, 1.165) is 25.0 Å². The van der Waals surface area contributed by atoms with Crippen LogP contribution in [0.2, 0.25) is 0 Å². The Labute approximate surface area is 110 Å². The monoisotopic (exact) mass is 243 g/mol. The van der Waals surface area contributed by atoms with Crippen LogP contribution >= 0.6 is 0 Å². The number of rotatable bonds is 2. The van der Waals surface area contributed by atoms with Gasteiger partial charge in [0, 0.05) is 19.1 Å². The van der Waals surface area contributed by atoms with Gasteiger partial charge in [0.05, 0.1) is 0 Å². The van der Waals surface area contributed by atoms with Crippen molar-refractivity contribution >= 4 is 0 Å². The summed E-state index contributed by atoms with van der Waals surface area (Å²) in [6, 6.07) is 11.9. The van der Waals surface area contributed by atoms with Crippen LogP contribution in [-0.4, -0.2) is 37.1 Å². The quantitative estimate of drug-likeness (QED) is 0.780. The van der Waals surface area contributed by atoms with Gasteiger partial charge in [-0.25, -0.2) is 5.32 Å². The highest BCUT2D eigenvalue weighted by molar-refractivity contribution is 5.20. The maximum atomic E-state index is 4.46. The van der Waals surface area contributed by atoms with Gasteiger partial charge in [0.2, 0.25) is 0 Å². The van der Waals surface area contributed by atoms with Crippen LogP contribution in [0.15, 0.2) is 30.3 Å². The molecule has 0 unspecified atom stereocenters. The predicted octanol–water partition coefficient (Wildman–Crippen LogP) is 2.63. The van der Waals surface area contributed by atoms with Crippen LogP contribution in [0, 0.1) is 0 Å². The summed E-state index contributed by atoms with van der Waals surface area (Å²) < 4.78 is 0. The van der Waals surface area contributed by atoms with Crippen LogP contribution in [0.3, 0.4) is 0 Å². The Morgan fingerprint density at radius 3 is 2.22 bits per heavy atom. The zero-order valence-electron chi connectivity index (χ0n) is 11.1. The Kier molecular flexibility index (Phi) is 3.96. The van der Waals surface area contributed by atoms with E-state index in [-0.39, 0.29) is 0 Å². The number of hydrogen-bond donors (Lipinski definition) is 0. The van der Waals surface area contributed by atoms with Gasteiger partial charge in [-0.05, 0) is 50.3 Å². The molecular weight excluding hydrogens is 220 g/mol. The topological polar surface area (TPSA) is 17.3 Å². The van der Waals surface area contributed by atoms with E-state index in [1.165, 1.54) is 44.3 Å². The fraction of sp³-hybridized carbons (Fsp3) is 0.625. The highest BCUT2D eigenvalue weighted by Crippen LogP contribution is 2.29. The van der Waals surface area contributed by atoms with Gasteiger partial charge in [-0.2, -0.15) is 0 Å². The summed E-state index contributed by atoms with van der Waals surface area (Å²) in [7, 11) is 0. The standard InChI is InChI=1S/C16H23N2/c1-2-4-14(5-3-1)15-8-12-18(13-9-15)16-6-10-17-11-7-16/h1-5,15-16H,6-13H2. The normalized spacial score (nSPS) is 24.2.